The molecule has 0 atom stereocenters. The molecule has 3 aromatic rings. The first-order valence-electron chi connectivity index (χ1n) is 7.17. The lowest BCUT2D eigenvalue weighted by molar-refractivity contribution is 1.07. The number of H-pyrrole nitrogens is 1. The molecule has 1 heterocycles. The third-order valence-corrected chi connectivity index (χ3v) is 3.59. The molecule has 0 amide bonds. The van der Waals surface area contributed by atoms with Crippen LogP contribution in [0.4, 0.5) is 5.69 Å². The Morgan fingerprint density at radius 3 is 2.18 bits per heavy atom. The Bertz CT molecular complexity index is 741. The summed E-state index contributed by atoms with van der Waals surface area (Å²) in [6, 6.07) is 16.2. The molecule has 3 rings (SSSR count). The highest BCUT2D eigenvalue weighted by Crippen LogP contribution is 2.22. The second kappa shape index (κ2) is 5.99. The lowest BCUT2D eigenvalue weighted by atomic mass is 10.1. The first kappa shape index (κ1) is 14.3. The summed E-state index contributed by atoms with van der Waals surface area (Å²) in [6.45, 7) is 0.542. The van der Waals surface area contributed by atoms with Crippen molar-refractivity contribution in [3.8, 4) is 22.8 Å². The van der Waals surface area contributed by atoms with Gasteiger partial charge in [0.25, 0.3) is 0 Å². The van der Waals surface area contributed by atoms with Crippen LogP contribution in [0.15, 0.2) is 48.5 Å². The average Bonchev–Trinajstić information content (AvgIpc) is 3.05. The van der Waals surface area contributed by atoms with Crippen molar-refractivity contribution in [2.75, 3.05) is 19.0 Å². The normalized spacial score (nSPS) is 10.7. The number of nitrogens with one attached hydrogen (secondary N) is 1. The first-order chi connectivity index (χ1) is 10.7. The fourth-order valence-electron chi connectivity index (χ4n) is 2.23. The van der Waals surface area contributed by atoms with Crippen LogP contribution >= 0.6 is 0 Å². The van der Waals surface area contributed by atoms with E-state index in [-0.39, 0.29) is 0 Å². The molecule has 3 N–H and O–H groups in total. The molecular formula is C17H19N5. The number of benzene rings is 2. The number of nitrogens with zero attached hydrogens (tertiary/aromatic N) is 3. The fourth-order valence-corrected chi connectivity index (χ4v) is 2.23. The van der Waals surface area contributed by atoms with Gasteiger partial charge in [-0.1, -0.05) is 24.3 Å². The van der Waals surface area contributed by atoms with Crippen molar-refractivity contribution in [2.45, 2.75) is 6.54 Å². The van der Waals surface area contributed by atoms with Gasteiger partial charge >= 0.3 is 0 Å². The van der Waals surface area contributed by atoms with Crippen LogP contribution in [0.2, 0.25) is 0 Å². The summed E-state index contributed by atoms with van der Waals surface area (Å²) in [6.07, 6.45) is 0. The van der Waals surface area contributed by atoms with Gasteiger partial charge in [0.1, 0.15) is 0 Å². The molecule has 0 radical (unpaired) electrons. The first-order valence-corrected chi connectivity index (χ1v) is 7.17. The van der Waals surface area contributed by atoms with Crippen LogP contribution in [0.25, 0.3) is 22.8 Å². The summed E-state index contributed by atoms with van der Waals surface area (Å²) in [4.78, 5) is 6.63. The lowest BCUT2D eigenvalue weighted by Gasteiger charge is -2.11. The highest BCUT2D eigenvalue weighted by Gasteiger charge is 2.08. The van der Waals surface area contributed by atoms with E-state index in [1.165, 1.54) is 0 Å². The molecule has 0 aliphatic carbocycles. The lowest BCUT2D eigenvalue weighted by Crippen LogP contribution is -2.07. The third kappa shape index (κ3) is 2.84. The number of anilines is 1. The second-order valence-electron chi connectivity index (χ2n) is 5.35. The summed E-state index contributed by atoms with van der Waals surface area (Å²) < 4.78 is 0. The SMILES string of the molecule is CN(C)c1ccc(-c2n[nH]c(-c3ccc(CN)cc3)n2)cc1. The summed E-state index contributed by atoms with van der Waals surface area (Å²) in [5.41, 5.74) is 9.86. The number of hydrogen-bond donors (Lipinski definition) is 2. The molecule has 1 aromatic heterocycles. The third-order valence-electron chi connectivity index (χ3n) is 3.59. The quantitative estimate of drug-likeness (QED) is 0.776. The second-order valence-corrected chi connectivity index (χ2v) is 5.35. The Labute approximate surface area is 129 Å². The van der Waals surface area contributed by atoms with Crippen LogP contribution in [0.5, 0.6) is 0 Å². The molecule has 0 spiro atoms. The summed E-state index contributed by atoms with van der Waals surface area (Å²) in [5, 5.41) is 7.30. The highest BCUT2D eigenvalue weighted by molar-refractivity contribution is 5.63. The van der Waals surface area contributed by atoms with E-state index in [1.807, 2.05) is 50.5 Å². The Morgan fingerprint density at radius 2 is 1.59 bits per heavy atom. The molecule has 0 saturated heterocycles. The molecule has 0 aliphatic heterocycles. The number of rotatable bonds is 4. The van der Waals surface area contributed by atoms with Gasteiger partial charge in [-0.05, 0) is 29.8 Å². The fraction of sp³-hybridized carbons (Fsp3) is 0.176. The van der Waals surface area contributed by atoms with Crippen molar-refractivity contribution in [1.82, 2.24) is 15.2 Å². The average molecular weight is 293 g/mol. The van der Waals surface area contributed by atoms with Gasteiger partial charge in [0, 0.05) is 37.5 Å². The molecule has 0 saturated carbocycles. The van der Waals surface area contributed by atoms with E-state index in [0.717, 1.165) is 28.2 Å². The van der Waals surface area contributed by atoms with Crippen LogP contribution in [-0.2, 0) is 6.54 Å². The molecule has 0 fully saturated rings. The topological polar surface area (TPSA) is 70.8 Å². The van der Waals surface area contributed by atoms with E-state index in [2.05, 4.69) is 32.2 Å². The van der Waals surface area contributed by atoms with Gasteiger partial charge < -0.3 is 10.6 Å². The van der Waals surface area contributed by atoms with Gasteiger partial charge in [-0.2, -0.15) is 5.10 Å². The largest absolute Gasteiger partial charge is 0.378 e. The highest BCUT2D eigenvalue weighted by atomic mass is 15.2. The van der Waals surface area contributed by atoms with Crippen molar-refractivity contribution in [3.63, 3.8) is 0 Å². The minimum atomic E-state index is 0.542. The van der Waals surface area contributed by atoms with E-state index >= 15 is 0 Å². The molecule has 2 aromatic carbocycles. The Balaban J connectivity index is 1.86. The maximum Gasteiger partial charge on any atom is 0.181 e. The molecule has 22 heavy (non-hydrogen) atoms. The minimum absolute atomic E-state index is 0.542. The minimum Gasteiger partial charge on any atom is -0.378 e. The predicted molar refractivity (Wildman–Crippen MR) is 89.5 cm³/mol. The molecule has 0 bridgehead atoms. The van der Waals surface area contributed by atoms with Gasteiger partial charge in [-0.3, -0.25) is 5.10 Å². The van der Waals surface area contributed by atoms with E-state index < -0.39 is 0 Å². The zero-order valence-corrected chi connectivity index (χ0v) is 12.7. The van der Waals surface area contributed by atoms with Crippen molar-refractivity contribution in [3.05, 3.63) is 54.1 Å². The standard InChI is InChI=1S/C17H19N5/c1-22(2)15-9-7-14(8-10-15)17-19-16(20-21-17)13-5-3-12(11-18)4-6-13/h3-10H,11,18H2,1-2H3,(H,19,20,21). The Kier molecular flexibility index (Phi) is 3.89. The molecule has 5 heteroatoms. The summed E-state index contributed by atoms with van der Waals surface area (Å²) in [7, 11) is 4.04. The smallest absolute Gasteiger partial charge is 0.181 e. The van der Waals surface area contributed by atoms with Gasteiger partial charge in [0.2, 0.25) is 0 Å². The Hall–Kier alpha value is -2.66. The predicted octanol–water partition coefficient (Wildman–Crippen LogP) is 2.66. The van der Waals surface area contributed by atoms with Crippen molar-refractivity contribution < 1.29 is 0 Å². The van der Waals surface area contributed by atoms with E-state index in [0.29, 0.717) is 12.4 Å². The molecule has 0 unspecified atom stereocenters. The van der Waals surface area contributed by atoms with Gasteiger partial charge in [-0.15, -0.1) is 0 Å². The zero-order valence-electron chi connectivity index (χ0n) is 12.7. The monoisotopic (exact) mass is 293 g/mol. The van der Waals surface area contributed by atoms with Crippen LogP contribution in [0.1, 0.15) is 5.56 Å². The van der Waals surface area contributed by atoms with E-state index in [9.17, 15) is 0 Å². The van der Waals surface area contributed by atoms with Gasteiger partial charge in [0.15, 0.2) is 11.6 Å². The summed E-state index contributed by atoms with van der Waals surface area (Å²) >= 11 is 0. The zero-order chi connectivity index (χ0) is 15.5. The number of aromatic amines is 1. The molecular weight excluding hydrogens is 274 g/mol. The van der Waals surface area contributed by atoms with E-state index in [4.69, 9.17) is 5.73 Å². The Morgan fingerprint density at radius 1 is 0.955 bits per heavy atom. The van der Waals surface area contributed by atoms with Crippen molar-refractivity contribution in [2.24, 2.45) is 5.73 Å². The van der Waals surface area contributed by atoms with Gasteiger partial charge in [-0.25, -0.2) is 4.98 Å². The van der Waals surface area contributed by atoms with Gasteiger partial charge in [0.05, 0.1) is 0 Å². The number of aromatic nitrogens is 3. The van der Waals surface area contributed by atoms with Crippen LogP contribution in [-0.4, -0.2) is 29.3 Å². The van der Waals surface area contributed by atoms with Crippen LogP contribution in [0, 0.1) is 0 Å². The van der Waals surface area contributed by atoms with Crippen LogP contribution < -0.4 is 10.6 Å². The molecule has 0 aliphatic rings. The number of hydrogen-bond acceptors (Lipinski definition) is 4. The van der Waals surface area contributed by atoms with E-state index in [1.54, 1.807) is 0 Å². The molecule has 5 nitrogen and oxygen atoms in total. The van der Waals surface area contributed by atoms with Crippen LogP contribution in [0.3, 0.4) is 0 Å². The molecule has 112 valence electrons. The maximum absolute atomic E-state index is 5.61. The summed E-state index contributed by atoms with van der Waals surface area (Å²) in [5.74, 6) is 1.46. The number of nitrogens with two attached hydrogens (primary N) is 1. The maximum atomic E-state index is 5.61. The van der Waals surface area contributed by atoms with Crippen molar-refractivity contribution >= 4 is 5.69 Å². The van der Waals surface area contributed by atoms with Crippen molar-refractivity contribution in [1.29, 1.82) is 0 Å².